The number of rotatable bonds is 8. The first-order chi connectivity index (χ1) is 12.7. The first-order valence-electron chi connectivity index (χ1n) is 7.83. The van der Waals surface area contributed by atoms with Crippen LogP contribution in [-0.4, -0.2) is 31.0 Å². The smallest absolute Gasteiger partial charge is 0.387 e. The SMILES string of the molecule is C[NH+](CC(=O)Nc1cc(Cl)ccc1[N+](=O)[O-])Cc1ccc(OC(F)F)cc1. The lowest BCUT2D eigenvalue weighted by Crippen LogP contribution is -3.08. The molecule has 1 amide bonds. The number of benzene rings is 2. The van der Waals surface area contributed by atoms with Crippen LogP contribution < -0.4 is 15.0 Å². The fourth-order valence-electron chi connectivity index (χ4n) is 2.44. The van der Waals surface area contributed by atoms with Gasteiger partial charge in [-0.25, -0.2) is 0 Å². The molecule has 0 aliphatic carbocycles. The molecule has 2 N–H and O–H groups in total. The van der Waals surface area contributed by atoms with Crippen molar-refractivity contribution in [2.75, 3.05) is 18.9 Å². The van der Waals surface area contributed by atoms with Gasteiger partial charge in [0.25, 0.3) is 11.6 Å². The second-order valence-corrected chi connectivity index (χ2v) is 6.24. The van der Waals surface area contributed by atoms with Crippen molar-refractivity contribution in [3.8, 4) is 5.75 Å². The standard InChI is InChI=1S/C17H16ClF2N3O4/c1-22(9-11-2-5-13(6-3-11)27-17(19)20)10-16(24)21-14-8-12(18)4-7-15(14)23(25)26/h2-8,17H,9-10H2,1H3,(H,21,24)/p+1. The molecule has 0 aliphatic rings. The monoisotopic (exact) mass is 400 g/mol. The number of likely N-dealkylation sites (N-methyl/N-ethyl adjacent to an activating group) is 1. The van der Waals surface area contributed by atoms with Crippen LogP contribution in [0.4, 0.5) is 20.2 Å². The number of carbonyl (C=O) groups excluding carboxylic acids is 1. The summed E-state index contributed by atoms with van der Waals surface area (Å²) < 4.78 is 28.5. The minimum atomic E-state index is -2.89. The van der Waals surface area contributed by atoms with Gasteiger partial charge in [0.05, 0.1) is 12.0 Å². The maximum Gasteiger partial charge on any atom is 0.387 e. The van der Waals surface area contributed by atoms with E-state index in [0.717, 1.165) is 10.5 Å². The highest BCUT2D eigenvalue weighted by Gasteiger charge is 2.18. The third-order valence-corrected chi connectivity index (χ3v) is 3.78. The Morgan fingerprint density at radius 3 is 2.56 bits per heavy atom. The molecule has 27 heavy (non-hydrogen) atoms. The second kappa shape index (κ2) is 9.24. The van der Waals surface area contributed by atoms with Crippen LogP contribution in [0.5, 0.6) is 5.75 Å². The second-order valence-electron chi connectivity index (χ2n) is 5.80. The van der Waals surface area contributed by atoms with Crippen LogP contribution in [0.15, 0.2) is 42.5 Å². The number of ether oxygens (including phenoxy) is 1. The molecule has 7 nitrogen and oxygen atoms in total. The molecular weight excluding hydrogens is 384 g/mol. The van der Waals surface area contributed by atoms with E-state index in [4.69, 9.17) is 11.6 Å². The number of quaternary nitrogens is 1. The summed E-state index contributed by atoms with van der Waals surface area (Å²) in [4.78, 5) is 23.4. The number of carbonyl (C=O) groups is 1. The summed E-state index contributed by atoms with van der Waals surface area (Å²) in [6.07, 6.45) is 0. The van der Waals surface area contributed by atoms with Crippen molar-refractivity contribution in [2.24, 2.45) is 0 Å². The van der Waals surface area contributed by atoms with Gasteiger partial charge in [-0.05, 0) is 36.4 Å². The number of hydrogen-bond acceptors (Lipinski definition) is 4. The summed E-state index contributed by atoms with van der Waals surface area (Å²) in [6, 6.07) is 10.00. The summed E-state index contributed by atoms with van der Waals surface area (Å²) in [7, 11) is 1.76. The van der Waals surface area contributed by atoms with Gasteiger partial charge >= 0.3 is 6.61 Å². The molecule has 0 radical (unpaired) electrons. The molecule has 2 aromatic rings. The third kappa shape index (κ3) is 6.46. The van der Waals surface area contributed by atoms with Crippen LogP contribution in [0, 0.1) is 10.1 Å². The Hall–Kier alpha value is -2.78. The van der Waals surface area contributed by atoms with E-state index >= 15 is 0 Å². The largest absolute Gasteiger partial charge is 0.435 e. The fraction of sp³-hybridized carbons (Fsp3) is 0.235. The van der Waals surface area contributed by atoms with E-state index in [2.05, 4.69) is 10.1 Å². The van der Waals surface area contributed by atoms with E-state index in [1.807, 2.05) is 0 Å². The fourth-order valence-corrected chi connectivity index (χ4v) is 2.61. The third-order valence-electron chi connectivity index (χ3n) is 3.55. The van der Waals surface area contributed by atoms with Crippen LogP contribution >= 0.6 is 11.6 Å². The van der Waals surface area contributed by atoms with E-state index in [1.165, 1.54) is 30.3 Å². The molecule has 0 spiro atoms. The van der Waals surface area contributed by atoms with Crippen molar-refractivity contribution >= 4 is 28.9 Å². The molecule has 0 aromatic heterocycles. The topological polar surface area (TPSA) is 85.9 Å². The van der Waals surface area contributed by atoms with E-state index in [-0.39, 0.29) is 28.7 Å². The zero-order valence-electron chi connectivity index (χ0n) is 14.2. The van der Waals surface area contributed by atoms with Gasteiger partial charge in [-0.15, -0.1) is 0 Å². The summed E-state index contributed by atoms with van der Waals surface area (Å²) in [5, 5.41) is 13.8. The summed E-state index contributed by atoms with van der Waals surface area (Å²) in [5.74, 6) is -0.368. The van der Waals surface area contributed by atoms with E-state index in [1.54, 1.807) is 19.2 Å². The van der Waals surface area contributed by atoms with Gasteiger partial charge in [-0.1, -0.05) is 11.6 Å². The van der Waals surface area contributed by atoms with Gasteiger partial charge in [0.2, 0.25) is 0 Å². The number of anilines is 1. The van der Waals surface area contributed by atoms with Gasteiger partial charge in [-0.3, -0.25) is 14.9 Å². The van der Waals surface area contributed by atoms with Crippen molar-refractivity contribution in [2.45, 2.75) is 13.2 Å². The van der Waals surface area contributed by atoms with Crippen LogP contribution in [0.25, 0.3) is 0 Å². The molecule has 0 bridgehead atoms. The number of amides is 1. The summed E-state index contributed by atoms with van der Waals surface area (Å²) in [6.45, 7) is -2.40. The molecule has 0 aliphatic heterocycles. The van der Waals surface area contributed by atoms with Crippen molar-refractivity contribution < 1.29 is 28.1 Å². The molecule has 1 atom stereocenters. The van der Waals surface area contributed by atoms with Crippen LogP contribution in [0.3, 0.4) is 0 Å². The first-order valence-corrected chi connectivity index (χ1v) is 8.21. The van der Waals surface area contributed by atoms with Crippen molar-refractivity contribution in [3.63, 3.8) is 0 Å². The van der Waals surface area contributed by atoms with Crippen molar-refractivity contribution in [1.29, 1.82) is 0 Å². The highest BCUT2D eigenvalue weighted by molar-refractivity contribution is 6.31. The number of nitrogens with one attached hydrogen (secondary N) is 2. The van der Waals surface area contributed by atoms with Gasteiger partial charge in [0, 0.05) is 16.7 Å². The number of alkyl halides is 2. The normalized spacial score (nSPS) is 11.9. The first kappa shape index (κ1) is 20.5. The Morgan fingerprint density at radius 2 is 1.96 bits per heavy atom. The van der Waals surface area contributed by atoms with E-state index < -0.39 is 17.4 Å². The molecule has 2 rings (SSSR count). The average molecular weight is 401 g/mol. The van der Waals surface area contributed by atoms with Gasteiger partial charge in [-0.2, -0.15) is 8.78 Å². The van der Waals surface area contributed by atoms with E-state index in [9.17, 15) is 23.7 Å². The predicted molar refractivity (Wildman–Crippen MR) is 95.3 cm³/mol. The Kier molecular flexibility index (Phi) is 7.03. The Morgan fingerprint density at radius 1 is 1.30 bits per heavy atom. The average Bonchev–Trinajstić information content (AvgIpc) is 2.55. The van der Waals surface area contributed by atoms with Crippen molar-refractivity contribution in [3.05, 3.63) is 63.2 Å². The minimum Gasteiger partial charge on any atom is -0.435 e. The molecule has 1 unspecified atom stereocenters. The highest BCUT2D eigenvalue weighted by atomic mass is 35.5. The number of nitro benzene ring substituents is 1. The Bertz CT molecular complexity index is 818. The predicted octanol–water partition coefficient (Wildman–Crippen LogP) is 2.50. The molecule has 0 saturated carbocycles. The molecule has 0 fully saturated rings. The number of nitro groups is 1. The number of hydrogen-bond donors (Lipinski definition) is 2. The lowest BCUT2D eigenvalue weighted by Gasteiger charge is -2.14. The maximum absolute atomic E-state index is 12.2. The maximum atomic E-state index is 12.2. The van der Waals surface area contributed by atoms with Crippen LogP contribution in [0.1, 0.15) is 5.56 Å². The van der Waals surface area contributed by atoms with Crippen LogP contribution in [0.2, 0.25) is 5.02 Å². The van der Waals surface area contributed by atoms with Crippen molar-refractivity contribution in [1.82, 2.24) is 0 Å². The molecule has 2 aromatic carbocycles. The summed E-state index contributed by atoms with van der Waals surface area (Å²) in [5.41, 5.74) is 0.592. The molecule has 0 heterocycles. The van der Waals surface area contributed by atoms with Gasteiger partial charge in [0.1, 0.15) is 18.0 Å². The van der Waals surface area contributed by atoms with Gasteiger partial charge < -0.3 is 15.0 Å². The summed E-state index contributed by atoms with van der Waals surface area (Å²) >= 11 is 5.83. The zero-order chi connectivity index (χ0) is 20.0. The van der Waals surface area contributed by atoms with E-state index in [0.29, 0.717) is 6.54 Å². The number of nitrogens with zero attached hydrogens (tertiary/aromatic N) is 1. The minimum absolute atomic E-state index is 0.0267. The molecule has 0 saturated heterocycles. The Labute approximate surface area is 158 Å². The lowest BCUT2D eigenvalue weighted by molar-refractivity contribution is -0.885. The zero-order valence-corrected chi connectivity index (χ0v) is 15.0. The molecule has 144 valence electrons. The highest BCUT2D eigenvalue weighted by Crippen LogP contribution is 2.27. The lowest BCUT2D eigenvalue weighted by atomic mass is 10.2. The quantitative estimate of drug-likeness (QED) is 0.526. The molecular formula is C17H17ClF2N3O4+. The Balaban J connectivity index is 1.94. The number of halogens is 3. The van der Waals surface area contributed by atoms with Crippen LogP contribution in [-0.2, 0) is 11.3 Å². The van der Waals surface area contributed by atoms with Gasteiger partial charge in [0.15, 0.2) is 6.54 Å². The molecule has 10 heteroatoms.